The van der Waals surface area contributed by atoms with Crippen molar-refractivity contribution in [2.24, 2.45) is 0 Å². The first-order valence-electron chi connectivity index (χ1n) is 25.0. The number of aliphatic hydroxyl groups excluding tert-OH is 2. The van der Waals surface area contributed by atoms with Crippen LogP contribution in [0.5, 0.6) is 0 Å². The summed E-state index contributed by atoms with van der Waals surface area (Å²) in [7, 11) is 0. The molecular formula is C58H93NO3. The van der Waals surface area contributed by atoms with Gasteiger partial charge in [-0.2, -0.15) is 0 Å². The molecule has 1 amide bonds. The Kier molecular flexibility index (Phi) is 48.5. The topological polar surface area (TPSA) is 69.6 Å². The minimum absolute atomic E-state index is 0.104. The lowest BCUT2D eigenvalue weighted by Gasteiger charge is -2.19. The zero-order chi connectivity index (χ0) is 44.9. The number of hydrogen-bond acceptors (Lipinski definition) is 3. The molecule has 0 aromatic rings. The molecule has 0 aliphatic carbocycles. The lowest BCUT2D eigenvalue weighted by molar-refractivity contribution is -0.123. The summed E-state index contributed by atoms with van der Waals surface area (Å²) in [4.78, 5) is 12.4. The predicted molar refractivity (Wildman–Crippen MR) is 275 cm³/mol. The van der Waals surface area contributed by atoms with Crippen LogP contribution in [0.3, 0.4) is 0 Å². The van der Waals surface area contributed by atoms with E-state index in [0.29, 0.717) is 6.42 Å². The van der Waals surface area contributed by atoms with Crippen molar-refractivity contribution in [2.75, 3.05) is 6.61 Å². The Morgan fingerprint density at radius 3 is 1.13 bits per heavy atom. The van der Waals surface area contributed by atoms with Crippen LogP contribution in [0.15, 0.2) is 146 Å². The van der Waals surface area contributed by atoms with Gasteiger partial charge in [-0.25, -0.2) is 0 Å². The van der Waals surface area contributed by atoms with E-state index in [-0.39, 0.29) is 12.5 Å². The van der Waals surface area contributed by atoms with Gasteiger partial charge >= 0.3 is 0 Å². The molecule has 2 atom stereocenters. The van der Waals surface area contributed by atoms with Crippen molar-refractivity contribution in [1.82, 2.24) is 5.32 Å². The molecule has 2 unspecified atom stereocenters. The van der Waals surface area contributed by atoms with E-state index in [1.54, 1.807) is 6.08 Å². The highest BCUT2D eigenvalue weighted by Crippen LogP contribution is 2.11. The zero-order valence-electron chi connectivity index (χ0n) is 39.8. The van der Waals surface area contributed by atoms with Crippen LogP contribution >= 0.6 is 0 Å². The molecule has 3 N–H and O–H groups in total. The second-order valence-corrected chi connectivity index (χ2v) is 16.1. The second kappa shape index (κ2) is 51.6. The molecule has 0 saturated carbocycles. The van der Waals surface area contributed by atoms with Crippen LogP contribution in [0.25, 0.3) is 0 Å². The average molecular weight is 852 g/mol. The molecule has 62 heavy (non-hydrogen) atoms. The fourth-order valence-electron chi connectivity index (χ4n) is 6.49. The summed E-state index contributed by atoms with van der Waals surface area (Å²) in [6.45, 7) is 4.15. The minimum atomic E-state index is -0.889. The molecule has 4 heteroatoms. The third-order valence-corrected chi connectivity index (χ3v) is 10.3. The maximum absolute atomic E-state index is 12.4. The Morgan fingerprint density at radius 2 is 0.726 bits per heavy atom. The van der Waals surface area contributed by atoms with Crippen molar-refractivity contribution >= 4 is 5.91 Å². The molecule has 348 valence electrons. The van der Waals surface area contributed by atoms with Crippen LogP contribution < -0.4 is 5.32 Å². The van der Waals surface area contributed by atoms with Crippen molar-refractivity contribution in [1.29, 1.82) is 0 Å². The Morgan fingerprint density at radius 1 is 0.403 bits per heavy atom. The summed E-state index contributed by atoms with van der Waals surface area (Å²) in [6.07, 6.45) is 82.5. The van der Waals surface area contributed by atoms with Gasteiger partial charge in [-0.15, -0.1) is 0 Å². The SMILES string of the molecule is CC/C=C\C/C=C\C/C=C\C/C=C\C/C=C\C/C=C\C/C=C\C/C=C\C/C=C\CCCCCCCC(=O)NC(CO)C(O)/C=C/CC/C=C/CC/C=C/CCCCCCCCC. The molecule has 0 radical (unpaired) electrons. The highest BCUT2D eigenvalue weighted by Gasteiger charge is 2.17. The number of allylic oxidation sites excluding steroid dienone is 23. The molecular weight excluding hydrogens is 759 g/mol. The Hall–Kier alpha value is -3.73. The van der Waals surface area contributed by atoms with Gasteiger partial charge in [-0.05, 0) is 116 Å². The van der Waals surface area contributed by atoms with E-state index >= 15 is 0 Å². The number of carbonyl (C=O) groups excluding carboxylic acids is 1. The van der Waals surface area contributed by atoms with Crippen molar-refractivity contribution in [3.05, 3.63) is 146 Å². The number of rotatable bonds is 43. The third-order valence-electron chi connectivity index (χ3n) is 10.3. The summed E-state index contributed by atoms with van der Waals surface area (Å²) in [5, 5.41) is 23.0. The van der Waals surface area contributed by atoms with Gasteiger partial charge in [0.2, 0.25) is 5.91 Å². The lowest BCUT2D eigenvalue weighted by atomic mass is 10.1. The van der Waals surface area contributed by atoms with Crippen molar-refractivity contribution in [3.8, 4) is 0 Å². The standard InChI is InChI=1S/C58H93NO3/c1-3-5-7-9-11-13-15-17-19-21-22-23-24-25-26-27-28-29-30-31-32-33-34-35-36-38-40-42-44-46-48-50-52-54-58(62)59-56(55-60)57(61)53-51-49-47-45-43-41-39-37-20-18-16-14-12-10-8-6-4-2/h5,7,11,13,17,19-20,22-23,25-26,28-29,31-32,34-35,37-38,40,43,45,51,53,56-57,60-61H,3-4,6,8-10,12,14-16,18,21,24,27,30,33,36,39,41-42,44,46-50,52,54-55H2,1-2H3,(H,59,62)/b7-5-,13-11-,19-17-,23-22-,26-25-,29-28-,32-31-,35-34-,37-20+,40-38-,45-43+,53-51+. The van der Waals surface area contributed by atoms with Gasteiger partial charge in [0, 0.05) is 6.42 Å². The summed E-state index contributed by atoms with van der Waals surface area (Å²) >= 11 is 0. The van der Waals surface area contributed by atoms with E-state index in [1.807, 2.05) is 6.08 Å². The molecule has 0 aromatic heterocycles. The molecule has 0 bridgehead atoms. The van der Waals surface area contributed by atoms with E-state index in [2.05, 4.69) is 153 Å². The van der Waals surface area contributed by atoms with E-state index in [1.165, 1.54) is 57.8 Å². The number of amides is 1. The zero-order valence-corrected chi connectivity index (χ0v) is 39.8. The fraction of sp³-hybridized carbons (Fsp3) is 0.569. The van der Waals surface area contributed by atoms with Gasteiger partial charge in [0.1, 0.15) is 0 Å². The number of hydrogen-bond donors (Lipinski definition) is 3. The summed E-state index contributed by atoms with van der Waals surface area (Å²) in [5.41, 5.74) is 0. The predicted octanol–water partition coefficient (Wildman–Crippen LogP) is 16.5. The fourth-order valence-corrected chi connectivity index (χ4v) is 6.49. The van der Waals surface area contributed by atoms with E-state index in [4.69, 9.17) is 0 Å². The molecule has 0 aliphatic rings. The van der Waals surface area contributed by atoms with Gasteiger partial charge < -0.3 is 15.5 Å². The quantitative estimate of drug-likeness (QED) is 0.0423. The molecule has 0 heterocycles. The van der Waals surface area contributed by atoms with E-state index < -0.39 is 12.1 Å². The maximum Gasteiger partial charge on any atom is 0.220 e. The monoisotopic (exact) mass is 852 g/mol. The number of carbonyl (C=O) groups is 1. The maximum atomic E-state index is 12.4. The molecule has 0 aliphatic heterocycles. The van der Waals surface area contributed by atoms with Gasteiger partial charge in [0.05, 0.1) is 18.8 Å². The Balaban J connectivity index is 3.75. The first-order valence-corrected chi connectivity index (χ1v) is 25.0. The molecule has 0 saturated heterocycles. The molecule has 0 fully saturated rings. The summed E-state index contributed by atoms with van der Waals surface area (Å²) in [6, 6.07) is -0.667. The normalized spacial score (nSPS) is 14.2. The number of aliphatic hydroxyl groups is 2. The van der Waals surface area contributed by atoms with Crippen LogP contribution in [-0.4, -0.2) is 34.9 Å². The van der Waals surface area contributed by atoms with Gasteiger partial charge in [0.25, 0.3) is 0 Å². The number of nitrogens with one attached hydrogen (secondary N) is 1. The van der Waals surface area contributed by atoms with Crippen molar-refractivity contribution in [2.45, 2.75) is 206 Å². The second-order valence-electron chi connectivity index (χ2n) is 16.1. The van der Waals surface area contributed by atoms with Gasteiger partial charge in [-0.3, -0.25) is 4.79 Å². The van der Waals surface area contributed by atoms with Crippen molar-refractivity contribution < 1.29 is 15.0 Å². The Labute approximate surface area is 383 Å². The van der Waals surface area contributed by atoms with Crippen LogP contribution in [0.4, 0.5) is 0 Å². The molecule has 0 spiro atoms. The van der Waals surface area contributed by atoms with E-state index in [9.17, 15) is 15.0 Å². The summed E-state index contributed by atoms with van der Waals surface area (Å²) in [5.74, 6) is -0.104. The first-order chi connectivity index (χ1) is 30.7. The number of unbranched alkanes of at least 4 members (excludes halogenated alkanes) is 14. The highest BCUT2D eigenvalue weighted by atomic mass is 16.3. The van der Waals surface area contributed by atoms with E-state index in [0.717, 1.165) is 116 Å². The average Bonchev–Trinajstić information content (AvgIpc) is 3.28. The smallest absolute Gasteiger partial charge is 0.220 e. The van der Waals surface area contributed by atoms with Crippen LogP contribution in [0, 0.1) is 0 Å². The lowest BCUT2D eigenvalue weighted by Crippen LogP contribution is -2.45. The Bertz CT molecular complexity index is 1330. The van der Waals surface area contributed by atoms with Gasteiger partial charge in [-0.1, -0.05) is 217 Å². The highest BCUT2D eigenvalue weighted by molar-refractivity contribution is 5.76. The molecule has 0 aromatic carbocycles. The minimum Gasteiger partial charge on any atom is -0.394 e. The largest absolute Gasteiger partial charge is 0.394 e. The molecule has 0 rings (SSSR count). The van der Waals surface area contributed by atoms with Gasteiger partial charge in [0.15, 0.2) is 0 Å². The first kappa shape index (κ1) is 58.3. The molecule has 4 nitrogen and oxygen atoms in total. The van der Waals surface area contributed by atoms with Crippen LogP contribution in [0.1, 0.15) is 194 Å². The van der Waals surface area contributed by atoms with Crippen molar-refractivity contribution in [3.63, 3.8) is 0 Å². The third kappa shape index (κ3) is 47.3. The summed E-state index contributed by atoms with van der Waals surface area (Å²) < 4.78 is 0. The van der Waals surface area contributed by atoms with Crippen LogP contribution in [-0.2, 0) is 4.79 Å². The van der Waals surface area contributed by atoms with Crippen LogP contribution in [0.2, 0.25) is 0 Å².